The second-order valence-electron chi connectivity index (χ2n) is 3.86. The first kappa shape index (κ1) is 15.6. The quantitative estimate of drug-likeness (QED) is 0.615. The van der Waals surface area contributed by atoms with Crippen LogP contribution in [-0.4, -0.2) is 41.8 Å². The number of hydrogen-bond acceptors (Lipinski definition) is 5. The van der Waals surface area contributed by atoms with E-state index in [0.29, 0.717) is 5.56 Å². The van der Waals surface area contributed by atoms with Crippen molar-refractivity contribution >= 4 is 16.0 Å². The molecular weight excluding hydrogens is 270 g/mol. The van der Waals surface area contributed by atoms with Gasteiger partial charge in [-0.25, -0.2) is 17.9 Å². The predicted molar refractivity (Wildman–Crippen MR) is 69.6 cm³/mol. The van der Waals surface area contributed by atoms with E-state index >= 15 is 0 Å². The molecule has 1 aromatic carbocycles. The number of aryl methyl sites for hydroxylation is 1. The molecule has 0 saturated heterocycles. The van der Waals surface area contributed by atoms with Crippen molar-refractivity contribution < 1.29 is 22.7 Å². The predicted octanol–water partition coefficient (Wildman–Crippen LogP) is 0.706. The van der Waals surface area contributed by atoms with Crippen molar-refractivity contribution in [3.05, 3.63) is 29.3 Å². The Bertz CT molecular complexity index is 553. The SMILES string of the molecule is COCCNS(=O)(=O)c1cc(C(=O)OC)ccc1C. The van der Waals surface area contributed by atoms with E-state index in [1.807, 2.05) is 0 Å². The molecule has 0 spiro atoms. The number of hydrogen-bond donors (Lipinski definition) is 1. The van der Waals surface area contributed by atoms with Gasteiger partial charge in [-0.1, -0.05) is 6.07 Å². The second-order valence-corrected chi connectivity index (χ2v) is 5.60. The van der Waals surface area contributed by atoms with Gasteiger partial charge in [0.1, 0.15) is 0 Å². The molecule has 0 bridgehead atoms. The number of carbonyl (C=O) groups excluding carboxylic acids is 1. The summed E-state index contributed by atoms with van der Waals surface area (Å²) < 4.78 is 35.9. The van der Waals surface area contributed by atoms with Gasteiger partial charge in [-0.05, 0) is 24.6 Å². The zero-order chi connectivity index (χ0) is 14.5. The van der Waals surface area contributed by atoms with Crippen LogP contribution in [-0.2, 0) is 19.5 Å². The molecule has 19 heavy (non-hydrogen) atoms. The van der Waals surface area contributed by atoms with Crippen molar-refractivity contribution in [2.75, 3.05) is 27.4 Å². The summed E-state index contributed by atoms with van der Waals surface area (Å²) in [5.74, 6) is -0.576. The van der Waals surface area contributed by atoms with Crippen LogP contribution in [0.2, 0.25) is 0 Å². The van der Waals surface area contributed by atoms with Gasteiger partial charge >= 0.3 is 5.97 Å². The minimum absolute atomic E-state index is 0.0616. The maximum Gasteiger partial charge on any atom is 0.337 e. The molecule has 7 heteroatoms. The van der Waals surface area contributed by atoms with Crippen LogP contribution in [0.4, 0.5) is 0 Å². The lowest BCUT2D eigenvalue weighted by Crippen LogP contribution is -2.28. The smallest absolute Gasteiger partial charge is 0.337 e. The topological polar surface area (TPSA) is 81.7 Å². The molecule has 0 amide bonds. The Morgan fingerprint density at radius 3 is 2.58 bits per heavy atom. The highest BCUT2D eigenvalue weighted by Crippen LogP contribution is 2.17. The van der Waals surface area contributed by atoms with E-state index < -0.39 is 16.0 Å². The molecule has 0 aliphatic heterocycles. The summed E-state index contributed by atoms with van der Waals surface area (Å²) in [6.07, 6.45) is 0. The van der Waals surface area contributed by atoms with Gasteiger partial charge in [-0.3, -0.25) is 0 Å². The van der Waals surface area contributed by atoms with Crippen LogP contribution in [0.25, 0.3) is 0 Å². The number of esters is 1. The first-order chi connectivity index (χ1) is 8.92. The lowest BCUT2D eigenvalue weighted by Gasteiger charge is -2.10. The number of benzene rings is 1. The lowest BCUT2D eigenvalue weighted by atomic mass is 10.1. The normalized spacial score (nSPS) is 11.3. The van der Waals surface area contributed by atoms with Crippen LogP contribution < -0.4 is 4.72 Å². The summed E-state index contributed by atoms with van der Waals surface area (Å²) in [6.45, 7) is 2.10. The van der Waals surface area contributed by atoms with E-state index in [4.69, 9.17) is 4.74 Å². The fourth-order valence-corrected chi connectivity index (χ4v) is 2.77. The van der Waals surface area contributed by atoms with E-state index in [1.54, 1.807) is 13.0 Å². The van der Waals surface area contributed by atoms with Crippen LogP contribution in [0, 0.1) is 6.92 Å². The second kappa shape index (κ2) is 6.65. The van der Waals surface area contributed by atoms with Crippen LogP contribution in [0.15, 0.2) is 23.1 Å². The molecule has 6 nitrogen and oxygen atoms in total. The van der Waals surface area contributed by atoms with Crippen LogP contribution >= 0.6 is 0 Å². The molecule has 0 saturated carbocycles. The van der Waals surface area contributed by atoms with E-state index in [9.17, 15) is 13.2 Å². The van der Waals surface area contributed by atoms with E-state index in [1.165, 1.54) is 26.4 Å². The monoisotopic (exact) mass is 287 g/mol. The zero-order valence-electron chi connectivity index (χ0n) is 11.1. The van der Waals surface area contributed by atoms with Crippen molar-refractivity contribution in [1.29, 1.82) is 0 Å². The number of nitrogens with one attached hydrogen (secondary N) is 1. The Labute approximate surface area is 112 Å². The standard InChI is InChI=1S/C12H17NO5S/c1-9-4-5-10(12(14)18-3)8-11(9)19(15,16)13-6-7-17-2/h4-5,8,13H,6-7H2,1-3H3. The molecule has 0 aliphatic rings. The maximum absolute atomic E-state index is 12.1. The van der Waals surface area contributed by atoms with E-state index in [2.05, 4.69) is 9.46 Å². The van der Waals surface area contributed by atoms with Gasteiger partial charge in [0.15, 0.2) is 0 Å². The lowest BCUT2D eigenvalue weighted by molar-refractivity contribution is 0.0600. The van der Waals surface area contributed by atoms with Gasteiger partial charge in [0.2, 0.25) is 10.0 Å². The molecule has 0 aliphatic carbocycles. The van der Waals surface area contributed by atoms with Crippen LogP contribution in [0.1, 0.15) is 15.9 Å². The zero-order valence-corrected chi connectivity index (χ0v) is 11.9. The van der Waals surface area contributed by atoms with Gasteiger partial charge in [-0.15, -0.1) is 0 Å². The molecule has 0 heterocycles. The Balaban J connectivity index is 3.07. The average Bonchev–Trinajstić information content (AvgIpc) is 2.38. The fraction of sp³-hybridized carbons (Fsp3) is 0.417. The van der Waals surface area contributed by atoms with Crippen molar-refractivity contribution in [3.63, 3.8) is 0 Å². The van der Waals surface area contributed by atoms with Gasteiger partial charge in [0, 0.05) is 13.7 Å². The molecule has 0 aromatic heterocycles. The molecule has 0 radical (unpaired) electrons. The molecule has 1 rings (SSSR count). The first-order valence-corrected chi connectivity index (χ1v) is 7.08. The fourth-order valence-electron chi connectivity index (χ4n) is 1.49. The number of methoxy groups -OCH3 is 2. The molecule has 1 N–H and O–H groups in total. The number of sulfonamides is 1. The molecule has 0 unspecified atom stereocenters. The molecule has 0 fully saturated rings. The Morgan fingerprint density at radius 1 is 1.32 bits per heavy atom. The summed E-state index contributed by atoms with van der Waals surface area (Å²) >= 11 is 0. The first-order valence-electron chi connectivity index (χ1n) is 5.60. The van der Waals surface area contributed by atoms with Crippen molar-refractivity contribution in [2.24, 2.45) is 0 Å². The van der Waals surface area contributed by atoms with Crippen molar-refractivity contribution in [1.82, 2.24) is 4.72 Å². The van der Waals surface area contributed by atoms with E-state index in [-0.39, 0.29) is 23.6 Å². The summed E-state index contributed by atoms with van der Waals surface area (Å²) in [7, 11) is -0.938. The highest BCUT2D eigenvalue weighted by molar-refractivity contribution is 7.89. The summed E-state index contributed by atoms with van der Waals surface area (Å²) in [6, 6.07) is 4.39. The highest BCUT2D eigenvalue weighted by atomic mass is 32.2. The Morgan fingerprint density at radius 2 is 2.00 bits per heavy atom. The van der Waals surface area contributed by atoms with Gasteiger partial charge in [0.25, 0.3) is 0 Å². The van der Waals surface area contributed by atoms with Gasteiger partial charge in [-0.2, -0.15) is 0 Å². The minimum Gasteiger partial charge on any atom is -0.465 e. The highest BCUT2D eigenvalue weighted by Gasteiger charge is 2.18. The Hall–Kier alpha value is -1.44. The Kier molecular flexibility index (Phi) is 5.46. The third-order valence-electron chi connectivity index (χ3n) is 2.50. The third kappa shape index (κ3) is 4.02. The largest absolute Gasteiger partial charge is 0.465 e. The van der Waals surface area contributed by atoms with Crippen LogP contribution in [0.3, 0.4) is 0 Å². The molecule has 1 aromatic rings. The summed E-state index contributed by atoms with van der Waals surface area (Å²) in [5, 5.41) is 0. The van der Waals surface area contributed by atoms with Gasteiger partial charge in [0.05, 0.1) is 24.2 Å². The third-order valence-corrected chi connectivity index (χ3v) is 4.10. The molecule has 106 valence electrons. The number of rotatable bonds is 6. The molecule has 0 atom stereocenters. The van der Waals surface area contributed by atoms with E-state index in [0.717, 1.165) is 0 Å². The maximum atomic E-state index is 12.1. The van der Waals surface area contributed by atoms with Crippen LogP contribution in [0.5, 0.6) is 0 Å². The minimum atomic E-state index is -3.67. The molecular formula is C12H17NO5S. The number of ether oxygens (including phenoxy) is 2. The van der Waals surface area contributed by atoms with Gasteiger partial charge < -0.3 is 9.47 Å². The number of carbonyl (C=O) groups is 1. The average molecular weight is 287 g/mol. The summed E-state index contributed by atoms with van der Waals surface area (Å²) in [4.78, 5) is 11.5. The van der Waals surface area contributed by atoms with Crippen molar-refractivity contribution in [2.45, 2.75) is 11.8 Å². The summed E-state index contributed by atoms with van der Waals surface area (Å²) in [5.41, 5.74) is 0.748. The van der Waals surface area contributed by atoms with Crippen molar-refractivity contribution in [3.8, 4) is 0 Å².